The predicted octanol–water partition coefficient (Wildman–Crippen LogP) is 4.92. The van der Waals surface area contributed by atoms with E-state index in [4.69, 9.17) is 9.97 Å². The van der Waals surface area contributed by atoms with Gasteiger partial charge in [-0.3, -0.25) is 4.98 Å². The summed E-state index contributed by atoms with van der Waals surface area (Å²) in [4.78, 5) is 16.8. The van der Waals surface area contributed by atoms with Gasteiger partial charge in [0.1, 0.15) is 5.82 Å². The molecular formula is C21H15N5. The molecule has 0 unspecified atom stereocenters. The summed E-state index contributed by atoms with van der Waals surface area (Å²) in [5.74, 6) is 1.46. The first-order chi connectivity index (χ1) is 12.9. The Morgan fingerprint density at radius 1 is 0.769 bits per heavy atom. The molecule has 0 aliphatic rings. The zero-order valence-electron chi connectivity index (χ0n) is 13.8. The number of benzene rings is 2. The van der Waals surface area contributed by atoms with Crippen LogP contribution in [0.1, 0.15) is 0 Å². The van der Waals surface area contributed by atoms with E-state index >= 15 is 0 Å². The van der Waals surface area contributed by atoms with Crippen molar-refractivity contribution in [3.63, 3.8) is 0 Å². The lowest BCUT2D eigenvalue weighted by Crippen LogP contribution is -1.99. The van der Waals surface area contributed by atoms with Gasteiger partial charge in [-0.2, -0.15) is 0 Å². The summed E-state index contributed by atoms with van der Waals surface area (Å²) < 4.78 is 0. The van der Waals surface area contributed by atoms with Crippen molar-refractivity contribution in [2.24, 2.45) is 0 Å². The first-order valence-electron chi connectivity index (χ1n) is 8.39. The van der Waals surface area contributed by atoms with Gasteiger partial charge in [0, 0.05) is 46.1 Å². The fourth-order valence-corrected chi connectivity index (χ4v) is 3.12. The maximum atomic E-state index is 4.80. The molecule has 0 spiro atoms. The second kappa shape index (κ2) is 5.97. The van der Waals surface area contributed by atoms with Gasteiger partial charge in [-0.1, -0.05) is 18.2 Å². The lowest BCUT2D eigenvalue weighted by Gasteiger charge is -2.12. The van der Waals surface area contributed by atoms with Crippen molar-refractivity contribution < 1.29 is 0 Å². The highest BCUT2D eigenvalue weighted by Gasteiger charge is 2.11. The number of fused-ring (bicyclic) bond motifs is 2. The number of nitrogens with zero attached hydrogens (tertiary/aromatic N) is 3. The molecule has 26 heavy (non-hydrogen) atoms. The molecule has 3 heterocycles. The molecule has 5 rings (SSSR count). The van der Waals surface area contributed by atoms with Crippen molar-refractivity contribution >= 4 is 33.3 Å². The molecule has 2 aromatic carbocycles. The van der Waals surface area contributed by atoms with Crippen molar-refractivity contribution in [2.75, 3.05) is 5.32 Å². The summed E-state index contributed by atoms with van der Waals surface area (Å²) >= 11 is 0. The van der Waals surface area contributed by atoms with E-state index in [2.05, 4.69) is 33.5 Å². The van der Waals surface area contributed by atoms with Gasteiger partial charge >= 0.3 is 0 Å². The van der Waals surface area contributed by atoms with Crippen LogP contribution in [0.3, 0.4) is 0 Å². The molecule has 5 aromatic rings. The van der Waals surface area contributed by atoms with Crippen LogP contribution in [0.2, 0.25) is 0 Å². The molecule has 5 heteroatoms. The topological polar surface area (TPSA) is 66.5 Å². The summed E-state index contributed by atoms with van der Waals surface area (Å²) in [6, 6.07) is 20.1. The number of nitrogens with one attached hydrogen (secondary N) is 2. The van der Waals surface area contributed by atoms with Gasteiger partial charge in [0.25, 0.3) is 0 Å². The fourth-order valence-electron chi connectivity index (χ4n) is 3.12. The Labute approximate surface area is 149 Å². The number of pyridine rings is 1. The highest BCUT2D eigenvalue weighted by Crippen LogP contribution is 2.30. The number of anilines is 2. The second-order valence-corrected chi connectivity index (χ2v) is 6.02. The maximum absolute atomic E-state index is 4.80. The Morgan fingerprint density at radius 3 is 2.58 bits per heavy atom. The van der Waals surface area contributed by atoms with E-state index in [0.29, 0.717) is 5.82 Å². The van der Waals surface area contributed by atoms with Crippen LogP contribution >= 0.6 is 0 Å². The van der Waals surface area contributed by atoms with Crippen LogP contribution in [0.25, 0.3) is 33.2 Å². The third-order valence-corrected chi connectivity index (χ3v) is 4.39. The molecule has 2 N–H and O–H groups in total. The van der Waals surface area contributed by atoms with E-state index in [1.807, 2.05) is 48.7 Å². The quantitative estimate of drug-likeness (QED) is 0.490. The molecule has 0 aliphatic carbocycles. The molecule has 0 fully saturated rings. The van der Waals surface area contributed by atoms with E-state index in [9.17, 15) is 0 Å². The number of para-hydroxylation sites is 1. The Morgan fingerprint density at radius 2 is 1.65 bits per heavy atom. The summed E-state index contributed by atoms with van der Waals surface area (Å²) in [5.41, 5.74) is 3.93. The number of H-pyrrole nitrogens is 1. The second-order valence-electron chi connectivity index (χ2n) is 6.02. The highest BCUT2D eigenvalue weighted by atomic mass is 15.0. The van der Waals surface area contributed by atoms with Gasteiger partial charge in [-0.15, -0.1) is 0 Å². The summed E-state index contributed by atoms with van der Waals surface area (Å²) in [6.45, 7) is 0. The number of aromatic nitrogens is 4. The number of hydrogen-bond donors (Lipinski definition) is 2. The minimum Gasteiger partial charge on any atom is -0.361 e. The van der Waals surface area contributed by atoms with E-state index < -0.39 is 0 Å². The fraction of sp³-hybridized carbons (Fsp3) is 0. The van der Waals surface area contributed by atoms with Gasteiger partial charge in [0.05, 0.1) is 5.52 Å². The zero-order valence-corrected chi connectivity index (χ0v) is 13.8. The van der Waals surface area contributed by atoms with Crippen molar-refractivity contribution in [3.8, 4) is 11.4 Å². The van der Waals surface area contributed by atoms with E-state index in [0.717, 1.165) is 38.9 Å². The van der Waals surface area contributed by atoms with Crippen LogP contribution in [0, 0.1) is 0 Å². The monoisotopic (exact) mass is 337 g/mol. The van der Waals surface area contributed by atoms with Gasteiger partial charge in [-0.25, -0.2) is 9.97 Å². The molecule has 0 saturated heterocycles. The van der Waals surface area contributed by atoms with Crippen molar-refractivity contribution in [2.45, 2.75) is 0 Å². The predicted molar refractivity (Wildman–Crippen MR) is 104 cm³/mol. The van der Waals surface area contributed by atoms with Crippen LogP contribution in [0.15, 0.2) is 79.3 Å². The van der Waals surface area contributed by atoms with Gasteiger partial charge < -0.3 is 10.3 Å². The minimum atomic E-state index is 0.676. The van der Waals surface area contributed by atoms with E-state index in [1.165, 1.54) is 0 Å². The Bertz CT molecular complexity index is 1210. The van der Waals surface area contributed by atoms with E-state index in [1.54, 1.807) is 12.4 Å². The molecule has 0 atom stereocenters. The summed E-state index contributed by atoms with van der Waals surface area (Å²) in [6.07, 6.45) is 5.44. The largest absolute Gasteiger partial charge is 0.361 e. The van der Waals surface area contributed by atoms with Gasteiger partial charge in [0.15, 0.2) is 5.82 Å². The standard InChI is InChI=1S/C21H15N5/c1-2-5-19-16(4-1)21(26-20(24-19)14-8-11-22-12-9-14)25-18-7-3-6-17-15(18)10-13-23-17/h1-13,23H,(H,24,25,26). The van der Waals surface area contributed by atoms with Crippen LogP contribution < -0.4 is 5.32 Å². The van der Waals surface area contributed by atoms with E-state index in [-0.39, 0.29) is 0 Å². The average molecular weight is 337 g/mol. The molecule has 124 valence electrons. The van der Waals surface area contributed by atoms with Crippen LogP contribution in [0.4, 0.5) is 11.5 Å². The SMILES string of the molecule is c1ccc2c(Nc3cccc4[nH]ccc34)nc(-c3ccncc3)nc2c1. The average Bonchev–Trinajstić information content (AvgIpc) is 3.18. The van der Waals surface area contributed by atoms with Crippen LogP contribution in [-0.4, -0.2) is 19.9 Å². The first kappa shape index (κ1) is 14.6. The first-order valence-corrected chi connectivity index (χ1v) is 8.39. The van der Waals surface area contributed by atoms with Crippen molar-refractivity contribution in [3.05, 3.63) is 79.3 Å². The van der Waals surface area contributed by atoms with Crippen molar-refractivity contribution in [1.82, 2.24) is 19.9 Å². The molecule has 0 radical (unpaired) electrons. The molecular weight excluding hydrogens is 322 g/mol. The number of rotatable bonds is 3. The summed E-state index contributed by atoms with van der Waals surface area (Å²) in [7, 11) is 0. The zero-order chi connectivity index (χ0) is 17.3. The minimum absolute atomic E-state index is 0.676. The van der Waals surface area contributed by atoms with Gasteiger partial charge in [0.2, 0.25) is 0 Å². The Hall–Kier alpha value is -3.73. The molecule has 0 amide bonds. The van der Waals surface area contributed by atoms with Crippen LogP contribution in [0.5, 0.6) is 0 Å². The third kappa shape index (κ3) is 2.46. The smallest absolute Gasteiger partial charge is 0.162 e. The normalized spacial score (nSPS) is 11.1. The Balaban J connectivity index is 1.70. The molecule has 0 bridgehead atoms. The lowest BCUT2D eigenvalue weighted by atomic mass is 10.2. The summed E-state index contributed by atoms with van der Waals surface area (Å²) in [5, 5.41) is 5.61. The highest BCUT2D eigenvalue weighted by molar-refractivity contribution is 5.98. The van der Waals surface area contributed by atoms with Crippen LogP contribution in [-0.2, 0) is 0 Å². The third-order valence-electron chi connectivity index (χ3n) is 4.39. The van der Waals surface area contributed by atoms with Gasteiger partial charge in [-0.05, 0) is 42.5 Å². The molecule has 0 saturated carbocycles. The number of hydrogen-bond acceptors (Lipinski definition) is 4. The van der Waals surface area contributed by atoms with Crippen molar-refractivity contribution in [1.29, 1.82) is 0 Å². The maximum Gasteiger partial charge on any atom is 0.162 e. The molecule has 5 nitrogen and oxygen atoms in total. The Kier molecular flexibility index (Phi) is 3.35. The lowest BCUT2D eigenvalue weighted by molar-refractivity contribution is 1.21. The molecule has 0 aliphatic heterocycles. The molecule has 3 aromatic heterocycles. The number of aromatic amines is 1.